The Bertz CT molecular complexity index is 1410. The second kappa shape index (κ2) is 8.39. The topological polar surface area (TPSA) is 80.5 Å². The first kappa shape index (κ1) is 22.6. The Balaban J connectivity index is 2.04. The second-order valence-electron chi connectivity index (χ2n) is 7.64. The van der Waals surface area contributed by atoms with Crippen molar-refractivity contribution in [3.8, 4) is 11.1 Å². The predicted molar refractivity (Wildman–Crippen MR) is 131 cm³/mol. The summed E-state index contributed by atoms with van der Waals surface area (Å²) < 4.78 is 28.5. The molecule has 9 heteroatoms. The monoisotopic (exact) mass is 489 g/mol. The van der Waals surface area contributed by atoms with Crippen LogP contribution in [0.3, 0.4) is 0 Å². The minimum atomic E-state index is -3.54. The molecule has 0 saturated carbocycles. The van der Waals surface area contributed by atoms with Crippen molar-refractivity contribution in [2.24, 2.45) is 12.0 Å². The number of nitrogens with one attached hydrogen (secondary N) is 1. The van der Waals surface area contributed by atoms with Gasteiger partial charge in [-0.05, 0) is 49.2 Å². The molecule has 1 unspecified atom stereocenters. The number of sulfonamides is 1. The lowest BCUT2D eigenvalue weighted by molar-refractivity contribution is 0.602. The molecule has 0 aliphatic carbocycles. The summed E-state index contributed by atoms with van der Waals surface area (Å²) in [5.41, 5.74) is 4.65. The first-order valence-corrected chi connectivity index (χ1v) is 12.4. The number of aryl methyl sites for hydroxylation is 1. The zero-order chi connectivity index (χ0) is 23.2. The van der Waals surface area contributed by atoms with Crippen LogP contribution in [0, 0.1) is 0 Å². The number of pyridine rings is 1. The van der Waals surface area contributed by atoms with Crippen molar-refractivity contribution >= 4 is 44.6 Å². The van der Waals surface area contributed by atoms with E-state index in [9.17, 15) is 13.2 Å². The normalized spacial score (nSPS) is 15.4. The second-order valence-corrected chi connectivity index (χ2v) is 10.5. The number of benzene rings is 2. The van der Waals surface area contributed by atoms with Gasteiger partial charge in [0.25, 0.3) is 5.56 Å². The lowest BCUT2D eigenvalue weighted by atomic mass is 9.92. The molecule has 4 rings (SSSR count). The predicted octanol–water partition coefficient (Wildman–Crippen LogP) is 5.03. The highest BCUT2D eigenvalue weighted by Crippen LogP contribution is 2.40. The standard InChI is InChI=1S/C23H21Cl2N3O3S/c1-4-32(30,31)27-21-10-17-18(9-20(21)25)23(14-5-7-15(24)8-6-14)26-13(2)16-11-22(29)28(3)12-19(16)17/h5-13,27H,4H2,1-3H3. The van der Waals surface area contributed by atoms with Crippen LogP contribution in [0.5, 0.6) is 0 Å². The molecule has 166 valence electrons. The maximum atomic E-state index is 12.4. The fourth-order valence-electron chi connectivity index (χ4n) is 3.70. The van der Waals surface area contributed by atoms with E-state index in [4.69, 9.17) is 28.2 Å². The van der Waals surface area contributed by atoms with Crippen LogP contribution in [0.15, 0.2) is 58.4 Å². The molecule has 1 atom stereocenters. The van der Waals surface area contributed by atoms with Gasteiger partial charge in [-0.25, -0.2) is 8.42 Å². The third-order valence-electron chi connectivity index (χ3n) is 5.45. The largest absolute Gasteiger partial charge is 0.318 e. The summed E-state index contributed by atoms with van der Waals surface area (Å²) in [6.07, 6.45) is 1.75. The number of rotatable bonds is 4. The zero-order valence-corrected chi connectivity index (χ0v) is 20.0. The van der Waals surface area contributed by atoms with E-state index in [-0.39, 0.29) is 28.1 Å². The fraction of sp³-hybridized carbons (Fsp3) is 0.217. The van der Waals surface area contributed by atoms with E-state index in [2.05, 4.69) is 4.72 Å². The summed E-state index contributed by atoms with van der Waals surface area (Å²) in [5.74, 6) is -0.0833. The van der Waals surface area contributed by atoms with Crippen LogP contribution in [-0.2, 0) is 17.1 Å². The average molecular weight is 490 g/mol. The lowest BCUT2D eigenvalue weighted by Gasteiger charge is -2.17. The van der Waals surface area contributed by atoms with Crippen LogP contribution in [0.25, 0.3) is 11.1 Å². The molecular weight excluding hydrogens is 469 g/mol. The number of hydrogen-bond acceptors (Lipinski definition) is 4. The third kappa shape index (κ3) is 4.20. The van der Waals surface area contributed by atoms with Gasteiger partial charge in [-0.1, -0.05) is 35.3 Å². The van der Waals surface area contributed by atoms with E-state index >= 15 is 0 Å². The van der Waals surface area contributed by atoms with Crippen molar-refractivity contribution in [3.63, 3.8) is 0 Å². The van der Waals surface area contributed by atoms with Crippen LogP contribution in [-0.4, -0.2) is 24.4 Å². The molecule has 1 N–H and O–H groups in total. The van der Waals surface area contributed by atoms with Gasteiger partial charge in [-0.15, -0.1) is 0 Å². The Hall–Kier alpha value is -2.61. The minimum Gasteiger partial charge on any atom is -0.318 e. The summed E-state index contributed by atoms with van der Waals surface area (Å²) in [5, 5.41) is 0.855. The Labute approximate surface area is 196 Å². The van der Waals surface area contributed by atoms with Crippen molar-refractivity contribution in [2.45, 2.75) is 19.9 Å². The molecule has 0 bridgehead atoms. The molecule has 6 nitrogen and oxygen atoms in total. The molecule has 1 aromatic heterocycles. The lowest BCUT2D eigenvalue weighted by Crippen LogP contribution is -2.17. The Morgan fingerprint density at radius 1 is 1.06 bits per heavy atom. The van der Waals surface area contributed by atoms with Gasteiger partial charge in [0.2, 0.25) is 10.0 Å². The highest BCUT2D eigenvalue weighted by atomic mass is 35.5. The van der Waals surface area contributed by atoms with Crippen molar-refractivity contribution in [3.05, 3.63) is 85.8 Å². The zero-order valence-electron chi connectivity index (χ0n) is 17.7. The summed E-state index contributed by atoms with van der Waals surface area (Å²) in [6.45, 7) is 3.47. The van der Waals surface area contributed by atoms with Gasteiger partial charge >= 0.3 is 0 Å². The van der Waals surface area contributed by atoms with Crippen LogP contribution >= 0.6 is 23.2 Å². The van der Waals surface area contributed by atoms with Crippen LogP contribution < -0.4 is 10.3 Å². The highest BCUT2D eigenvalue weighted by Gasteiger charge is 2.26. The number of nitrogens with zero attached hydrogens (tertiary/aromatic N) is 2. The van der Waals surface area contributed by atoms with E-state index in [0.29, 0.717) is 10.7 Å². The molecule has 0 radical (unpaired) electrons. The van der Waals surface area contributed by atoms with E-state index in [1.807, 2.05) is 19.1 Å². The summed E-state index contributed by atoms with van der Waals surface area (Å²) in [6, 6.07) is 12.0. The minimum absolute atomic E-state index is 0.0833. The molecular formula is C23H21Cl2N3O3S. The average Bonchev–Trinajstić information content (AvgIpc) is 2.85. The van der Waals surface area contributed by atoms with Crippen LogP contribution in [0.1, 0.15) is 36.6 Å². The van der Waals surface area contributed by atoms with Crippen molar-refractivity contribution in [2.75, 3.05) is 10.5 Å². The van der Waals surface area contributed by atoms with Gasteiger partial charge in [-0.3, -0.25) is 14.5 Å². The number of aliphatic imine (C=N–C) groups is 1. The maximum Gasteiger partial charge on any atom is 0.250 e. The van der Waals surface area contributed by atoms with Crippen molar-refractivity contribution in [1.29, 1.82) is 0 Å². The molecule has 0 fully saturated rings. The number of aromatic nitrogens is 1. The molecule has 0 amide bonds. The van der Waals surface area contributed by atoms with Gasteiger partial charge in [0.15, 0.2) is 0 Å². The first-order valence-electron chi connectivity index (χ1n) is 9.98. The van der Waals surface area contributed by atoms with Gasteiger partial charge < -0.3 is 4.57 Å². The van der Waals surface area contributed by atoms with Crippen LogP contribution in [0.2, 0.25) is 10.0 Å². The number of fused-ring (bicyclic) bond motifs is 3. The van der Waals surface area contributed by atoms with Crippen molar-refractivity contribution in [1.82, 2.24) is 4.57 Å². The molecule has 2 aromatic carbocycles. The van der Waals surface area contributed by atoms with Gasteiger partial charge in [0.1, 0.15) is 0 Å². The van der Waals surface area contributed by atoms with Crippen LogP contribution in [0.4, 0.5) is 5.69 Å². The summed E-state index contributed by atoms with van der Waals surface area (Å²) in [4.78, 5) is 17.3. The van der Waals surface area contributed by atoms with E-state index in [1.165, 1.54) is 4.57 Å². The van der Waals surface area contributed by atoms with E-state index in [0.717, 1.165) is 27.8 Å². The molecule has 2 heterocycles. The maximum absolute atomic E-state index is 12.4. The quantitative estimate of drug-likeness (QED) is 0.557. The van der Waals surface area contributed by atoms with Gasteiger partial charge in [-0.2, -0.15) is 0 Å². The highest BCUT2D eigenvalue weighted by molar-refractivity contribution is 7.92. The van der Waals surface area contributed by atoms with E-state index < -0.39 is 10.0 Å². The van der Waals surface area contributed by atoms with Gasteiger partial charge in [0, 0.05) is 41.0 Å². The number of halogens is 2. The number of anilines is 1. The SMILES string of the molecule is CCS(=O)(=O)Nc1cc2c(cc1Cl)C(c1ccc(Cl)cc1)=NC(C)c1cc(=O)n(C)cc1-2. The Kier molecular flexibility index (Phi) is 5.92. The molecule has 32 heavy (non-hydrogen) atoms. The number of hydrogen-bond donors (Lipinski definition) is 1. The summed E-state index contributed by atoms with van der Waals surface area (Å²) in [7, 11) is -1.86. The molecule has 1 aliphatic heterocycles. The Morgan fingerprint density at radius 2 is 1.75 bits per heavy atom. The third-order valence-corrected chi connectivity index (χ3v) is 7.30. The molecule has 0 saturated heterocycles. The first-order chi connectivity index (χ1) is 15.1. The van der Waals surface area contributed by atoms with Crippen molar-refractivity contribution < 1.29 is 8.42 Å². The van der Waals surface area contributed by atoms with Gasteiger partial charge in [0.05, 0.1) is 28.2 Å². The fourth-order valence-corrected chi connectivity index (χ4v) is 4.74. The molecule has 1 aliphatic rings. The van der Waals surface area contributed by atoms with E-state index in [1.54, 1.807) is 50.5 Å². The smallest absolute Gasteiger partial charge is 0.250 e. The summed E-state index contributed by atoms with van der Waals surface area (Å²) >= 11 is 12.6. The molecule has 0 spiro atoms. The molecule has 3 aromatic rings. The Morgan fingerprint density at radius 3 is 2.41 bits per heavy atom.